The summed E-state index contributed by atoms with van der Waals surface area (Å²) in [7, 11) is 0. The monoisotopic (exact) mass is 512 g/mol. The summed E-state index contributed by atoms with van der Waals surface area (Å²) in [6.45, 7) is 18.1. The van der Waals surface area contributed by atoms with E-state index in [-0.39, 0.29) is 0 Å². The number of benzene rings is 2. The van der Waals surface area contributed by atoms with E-state index in [4.69, 9.17) is 0 Å². The minimum absolute atomic E-state index is 0.659. The summed E-state index contributed by atoms with van der Waals surface area (Å²) in [4.78, 5) is 0. The zero-order valence-electron chi connectivity index (χ0n) is 25.8. The Balaban J connectivity index is 0.000000180. The molecule has 0 amide bonds. The van der Waals surface area contributed by atoms with Gasteiger partial charge in [-0.1, -0.05) is 166 Å². The normalized spacial score (nSPS) is 16.2. The van der Waals surface area contributed by atoms with Crippen molar-refractivity contribution in [3.8, 4) is 0 Å². The molecule has 0 saturated heterocycles. The van der Waals surface area contributed by atoms with Crippen molar-refractivity contribution in [2.75, 3.05) is 0 Å². The number of hydrogen-bond acceptors (Lipinski definition) is 0. The lowest BCUT2D eigenvalue weighted by atomic mass is 9.82. The third-order valence-electron chi connectivity index (χ3n) is 8.02. The summed E-state index contributed by atoms with van der Waals surface area (Å²) < 4.78 is 0. The van der Waals surface area contributed by atoms with Crippen LogP contribution in [0.5, 0.6) is 0 Å². The lowest BCUT2D eigenvalue weighted by Gasteiger charge is -2.24. The van der Waals surface area contributed by atoms with Crippen LogP contribution in [0.15, 0.2) is 84.5 Å². The van der Waals surface area contributed by atoms with Gasteiger partial charge in [0.15, 0.2) is 0 Å². The largest absolute Gasteiger partial charge is 0.0805 e. The SMILES string of the molecule is CC(C)C1=CCC=C1.CC(C)C1=CCc2ccccc21.CC(C)C1CCCCC1.CC(C)c1ccccc1. The average molecular weight is 513 g/mol. The van der Waals surface area contributed by atoms with Crippen LogP contribution in [0.4, 0.5) is 0 Å². The Morgan fingerprint density at radius 3 is 1.71 bits per heavy atom. The van der Waals surface area contributed by atoms with Crippen LogP contribution in [0.3, 0.4) is 0 Å². The molecule has 0 radical (unpaired) electrons. The number of fused-ring (bicyclic) bond motifs is 1. The van der Waals surface area contributed by atoms with Gasteiger partial charge in [0.05, 0.1) is 0 Å². The minimum atomic E-state index is 0.659. The van der Waals surface area contributed by atoms with Crippen molar-refractivity contribution in [2.24, 2.45) is 23.7 Å². The Labute approximate surface area is 236 Å². The van der Waals surface area contributed by atoms with E-state index in [1.807, 2.05) is 6.07 Å². The van der Waals surface area contributed by atoms with E-state index in [0.717, 1.165) is 24.7 Å². The molecule has 208 valence electrons. The molecule has 1 saturated carbocycles. The van der Waals surface area contributed by atoms with Gasteiger partial charge in [0.25, 0.3) is 0 Å². The van der Waals surface area contributed by atoms with Gasteiger partial charge in [0, 0.05) is 0 Å². The Morgan fingerprint density at radius 1 is 0.632 bits per heavy atom. The molecule has 0 heteroatoms. The van der Waals surface area contributed by atoms with Crippen LogP contribution in [-0.4, -0.2) is 0 Å². The molecule has 2 aromatic carbocycles. The molecule has 3 aliphatic rings. The first-order chi connectivity index (χ1) is 18.2. The van der Waals surface area contributed by atoms with E-state index in [0.29, 0.717) is 17.8 Å². The summed E-state index contributed by atoms with van der Waals surface area (Å²) in [6.07, 6.45) is 18.8. The lowest BCUT2D eigenvalue weighted by molar-refractivity contribution is 0.279. The summed E-state index contributed by atoms with van der Waals surface area (Å²) >= 11 is 0. The highest BCUT2D eigenvalue weighted by atomic mass is 14.2. The second-order valence-electron chi connectivity index (χ2n) is 12.4. The third-order valence-corrected chi connectivity index (χ3v) is 8.02. The summed E-state index contributed by atoms with van der Waals surface area (Å²) in [6, 6.07) is 19.2. The molecule has 5 rings (SSSR count). The van der Waals surface area contributed by atoms with E-state index >= 15 is 0 Å². The van der Waals surface area contributed by atoms with Gasteiger partial charge < -0.3 is 0 Å². The van der Waals surface area contributed by atoms with E-state index < -0.39 is 0 Å². The molecule has 1 fully saturated rings. The van der Waals surface area contributed by atoms with Gasteiger partial charge in [-0.2, -0.15) is 0 Å². The second-order valence-corrected chi connectivity index (χ2v) is 12.4. The first-order valence-corrected chi connectivity index (χ1v) is 15.4. The Hall–Kier alpha value is -2.34. The van der Waals surface area contributed by atoms with Crippen LogP contribution >= 0.6 is 0 Å². The van der Waals surface area contributed by atoms with E-state index in [2.05, 4.69) is 128 Å². The third kappa shape index (κ3) is 11.2. The molecule has 38 heavy (non-hydrogen) atoms. The number of hydrogen-bond donors (Lipinski definition) is 0. The number of allylic oxidation sites excluding steroid dienone is 6. The lowest BCUT2D eigenvalue weighted by Crippen LogP contribution is -2.12. The maximum atomic E-state index is 2.36. The summed E-state index contributed by atoms with van der Waals surface area (Å²) in [5, 5.41) is 0. The minimum Gasteiger partial charge on any atom is -0.0805 e. The molecule has 2 aromatic rings. The zero-order chi connectivity index (χ0) is 27.9. The molecule has 0 heterocycles. The first-order valence-electron chi connectivity index (χ1n) is 15.4. The highest BCUT2D eigenvalue weighted by Crippen LogP contribution is 2.32. The number of rotatable bonds is 4. The molecule has 0 aliphatic heterocycles. The van der Waals surface area contributed by atoms with Gasteiger partial charge >= 0.3 is 0 Å². The van der Waals surface area contributed by atoms with Crippen molar-refractivity contribution >= 4 is 5.57 Å². The maximum Gasteiger partial charge on any atom is -0.00853 e. The molecular weight excluding hydrogens is 456 g/mol. The van der Waals surface area contributed by atoms with Crippen molar-refractivity contribution in [2.45, 2.75) is 106 Å². The molecule has 0 bridgehead atoms. The van der Waals surface area contributed by atoms with Crippen molar-refractivity contribution in [1.82, 2.24) is 0 Å². The fourth-order valence-corrected chi connectivity index (χ4v) is 5.40. The molecule has 0 aromatic heterocycles. The molecule has 0 nitrogen and oxygen atoms in total. The second kappa shape index (κ2) is 17.3. The molecule has 0 spiro atoms. The van der Waals surface area contributed by atoms with Crippen LogP contribution in [-0.2, 0) is 6.42 Å². The molecular formula is C38H56. The van der Waals surface area contributed by atoms with Gasteiger partial charge in [0.2, 0.25) is 0 Å². The predicted octanol–water partition coefficient (Wildman–Crippen LogP) is 11.8. The Morgan fingerprint density at radius 2 is 1.26 bits per heavy atom. The first kappa shape index (κ1) is 31.9. The van der Waals surface area contributed by atoms with E-state index in [1.165, 1.54) is 59.9 Å². The van der Waals surface area contributed by atoms with Gasteiger partial charge in [0.1, 0.15) is 0 Å². The average Bonchev–Trinajstić information content (AvgIpc) is 3.62. The fraction of sp³-hybridized carbons (Fsp3) is 0.526. The van der Waals surface area contributed by atoms with Gasteiger partial charge in [-0.15, -0.1) is 0 Å². The van der Waals surface area contributed by atoms with Crippen molar-refractivity contribution in [3.05, 3.63) is 101 Å². The van der Waals surface area contributed by atoms with Gasteiger partial charge in [-0.3, -0.25) is 0 Å². The standard InChI is InChI=1S/C12H14.C9H18.C9H12.C8H12/c1-9(2)11-8-7-10-5-3-4-6-12(10)11;2*1-8(2)9-6-4-3-5-7-9;1-7(2)8-5-3-4-6-8/h3-6,8-9H,7H2,1-2H3;8-9H,3-7H2,1-2H3;3-8H,1-2H3;3,5-7H,4H2,1-2H3. The van der Waals surface area contributed by atoms with Crippen LogP contribution in [0.2, 0.25) is 0 Å². The van der Waals surface area contributed by atoms with Crippen LogP contribution in [0.1, 0.15) is 117 Å². The maximum absolute atomic E-state index is 2.36. The molecule has 3 aliphatic carbocycles. The smallest absolute Gasteiger partial charge is 0.00853 e. The van der Waals surface area contributed by atoms with Crippen LogP contribution < -0.4 is 0 Å². The highest BCUT2D eigenvalue weighted by molar-refractivity contribution is 5.73. The van der Waals surface area contributed by atoms with Gasteiger partial charge in [-0.05, 0) is 70.3 Å². The van der Waals surface area contributed by atoms with Crippen molar-refractivity contribution in [3.63, 3.8) is 0 Å². The van der Waals surface area contributed by atoms with Gasteiger partial charge in [-0.25, -0.2) is 0 Å². The Bertz CT molecular complexity index is 991. The molecule has 0 N–H and O–H groups in total. The fourth-order valence-electron chi connectivity index (χ4n) is 5.40. The molecule has 0 atom stereocenters. The molecule has 0 unspecified atom stereocenters. The van der Waals surface area contributed by atoms with E-state index in [9.17, 15) is 0 Å². The summed E-state index contributed by atoms with van der Waals surface area (Å²) in [5.74, 6) is 4.03. The van der Waals surface area contributed by atoms with Crippen LogP contribution in [0, 0.1) is 23.7 Å². The highest BCUT2D eigenvalue weighted by Gasteiger charge is 2.16. The van der Waals surface area contributed by atoms with Crippen LogP contribution in [0.25, 0.3) is 5.57 Å². The predicted molar refractivity (Wildman–Crippen MR) is 172 cm³/mol. The van der Waals surface area contributed by atoms with E-state index in [1.54, 1.807) is 0 Å². The topological polar surface area (TPSA) is 0 Å². The zero-order valence-corrected chi connectivity index (χ0v) is 25.8. The van der Waals surface area contributed by atoms with Crippen molar-refractivity contribution < 1.29 is 0 Å². The Kier molecular flexibility index (Phi) is 14.5. The van der Waals surface area contributed by atoms with Crippen molar-refractivity contribution in [1.29, 1.82) is 0 Å². The quantitative estimate of drug-likeness (QED) is 0.382. The summed E-state index contributed by atoms with van der Waals surface area (Å²) in [5.41, 5.74) is 7.38.